The molecule has 0 aliphatic carbocycles. The van der Waals surface area contributed by atoms with Crippen molar-refractivity contribution in [1.29, 1.82) is 5.26 Å². The zero-order chi connectivity index (χ0) is 15.5. The van der Waals surface area contributed by atoms with Gasteiger partial charge in [0.1, 0.15) is 16.8 Å². The van der Waals surface area contributed by atoms with Gasteiger partial charge in [0.05, 0.1) is 0 Å². The number of rotatable bonds is 3. The molecule has 0 aliphatic heterocycles. The van der Waals surface area contributed by atoms with Crippen LogP contribution in [0.25, 0.3) is 10.7 Å². The molecule has 108 valence electrons. The molecule has 0 aliphatic rings. The quantitative estimate of drug-likeness (QED) is 0.796. The van der Waals surface area contributed by atoms with Crippen molar-refractivity contribution in [3.8, 4) is 16.8 Å². The smallest absolute Gasteiger partial charge is 0.227 e. The maximum atomic E-state index is 8.85. The van der Waals surface area contributed by atoms with Crippen molar-refractivity contribution in [2.45, 2.75) is 13.8 Å². The fourth-order valence-electron chi connectivity index (χ4n) is 2.16. The molecule has 1 aromatic carbocycles. The summed E-state index contributed by atoms with van der Waals surface area (Å²) in [6.07, 6.45) is 1.68. The average Bonchev–Trinajstić information content (AvgIpc) is 2.95. The Morgan fingerprint density at radius 3 is 2.59 bits per heavy atom. The van der Waals surface area contributed by atoms with E-state index < -0.39 is 0 Å². The predicted octanol–water partition coefficient (Wildman–Crippen LogP) is 3.83. The highest BCUT2D eigenvalue weighted by Gasteiger charge is 2.07. The lowest BCUT2D eigenvalue weighted by Crippen LogP contribution is -1.98. The van der Waals surface area contributed by atoms with Crippen LogP contribution in [0.3, 0.4) is 0 Å². The molecule has 1 N–H and O–H groups in total. The Kier molecular flexibility index (Phi) is 3.81. The van der Waals surface area contributed by atoms with Crippen molar-refractivity contribution in [2.75, 3.05) is 5.32 Å². The summed E-state index contributed by atoms with van der Waals surface area (Å²) in [5.41, 5.74) is 4.41. The summed E-state index contributed by atoms with van der Waals surface area (Å²) in [5.74, 6) is 0.510. The minimum Gasteiger partial charge on any atom is -0.324 e. The fraction of sp³-hybridized carbons (Fsp3) is 0.125. The maximum absolute atomic E-state index is 8.85. The van der Waals surface area contributed by atoms with Crippen LogP contribution in [-0.4, -0.2) is 15.0 Å². The van der Waals surface area contributed by atoms with Gasteiger partial charge in [0.2, 0.25) is 5.95 Å². The third-order valence-electron chi connectivity index (χ3n) is 2.97. The maximum Gasteiger partial charge on any atom is 0.227 e. The molecule has 2 heterocycles. The molecule has 0 amide bonds. The number of benzene rings is 1. The molecule has 3 rings (SSSR count). The van der Waals surface area contributed by atoms with E-state index in [-0.39, 0.29) is 0 Å². The third-order valence-corrected chi connectivity index (χ3v) is 3.84. The molecule has 0 fully saturated rings. The molecule has 0 spiro atoms. The van der Waals surface area contributed by atoms with Gasteiger partial charge in [0.15, 0.2) is 5.69 Å². The van der Waals surface area contributed by atoms with Crippen LogP contribution in [0.2, 0.25) is 0 Å². The van der Waals surface area contributed by atoms with Gasteiger partial charge in [-0.3, -0.25) is 0 Å². The van der Waals surface area contributed by atoms with E-state index in [1.54, 1.807) is 17.6 Å². The van der Waals surface area contributed by atoms with Gasteiger partial charge in [-0.15, -0.1) is 11.3 Å². The van der Waals surface area contributed by atoms with E-state index in [1.165, 1.54) is 22.5 Å². The number of anilines is 2. The number of hydrogen-bond acceptors (Lipinski definition) is 6. The first-order valence-electron chi connectivity index (χ1n) is 6.68. The molecular formula is C16H13N5S. The first kappa shape index (κ1) is 14.2. The topological polar surface area (TPSA) is 74.5 Å². The Morgan fingerprint density at radius 2 is 1.91 bits per heavy atom. The minimum atomic E-state index is 0.405. The second-order valence-corrected chi connectivity index (χ2v) is 5.77. The molecule has 2 aromatic heterocycles. The first-order valence-corrected chi connectivity index (χ1v) is 7.56. The summed E-state index contributed by atoms with van der Waals surface area (Å²) in [4.78, 5) is 12.9. The summed E-state index contributed by atoms with van der Waals surface area (Å²) in [5, 5.41) is 14.5. The molecule has 0 unspecified atom stereocenters. The van der Waals surface area contributed by atoms with Crippen molar-refractivity contribution >= 4 is 23.0 Å². The largest absolute Gasteiger partial charge is 0.324 e. The monoisotopic (exact) mass is 307 g/mol. The van der Waals surface area contributed by atoms with Crippen molar-refractivity contribution in [1.82, 2.24) is 15.0 Å². The van der Waals surface area contributed by atoms with E-state index in [0.717, 1.165) is 5.69 Å². The Hall–Kier alpha value is -2.78. The molecule has 0 radical (unpaired) electrons. The highest BCUT2D eigenvalue weighted by Crippen LogP contribution is 2.23. The molecule has 3 aromatic rings. The number of hydrogen-bond donors (Lipinski definition) is 1. The lowest BCUT2D eigenvalue weighted by molar-refractivity contribution is 1.16. The van der Waals surface area contributed by atoms with E-state index in [1.807, 2.05) is 18.2 Å². The van der Waals surface area contributed by atoms with E-state index in [2.05, 4.69) is 40.2 Å². The standard InChI is InChI=1S/C16H13N5S/c1-10-5-11(2)7-12(6-10)20-16-18-4-3-14(21-16)15-19-13(8-17)9-22-15/h3-7,9H,1-2H3,(H,18,20,21). The fourth-order valence-corrected chi connectivity index (χ4v) is 2.87. The van der Waals surface area contributed by atoms with Gasteiger partial charge < -0.3 is 5.32 Å². The van der Waals surface area contributed by atoms with Gasteiger partial charge in [-0.25, -0.2) is 15.0 Å². The van der Waals surface area contributed by atoms with Crippen LogP contribution in [-0.2, 0) is 0 Å². The van der Waals surface area contributed by atoms with Crippen LogP contribution < -0.4 is 5.32 Å². The Bertz CT molecular complexity index is 843. The Morgan fingerprint density at radius 1 is 1.14 bits per heavy atom. The van der Waals surface area contributed by atoms with Gasteiger partial charge in [-0.1, -0.05) is 6.07 Å². The van der Waals surface area contributed by atoms with E-state index in [4.69, 9.17) is 5.26 Å². The molecule has 0 saturated heterocycles. The van der Waals surface area contributed by atoms with Gasteiger partial charge in [0.25, 0.3) is 0 Å². The third kappa shape index (κ3) is 3.10. The van der Waals surface area contributed by atoms with Crippen LogP contribution in [0.15, 0.2) is 35.8 Å². The minimum absolute atomic E-state index is 0.405. The molecule has 0 saturated carbocycles. The van der Waals surface area contributed by atoms with Crippen molar-refractivity contribution in [3.05, 3.63) is 52.7 Å². The number of thiazole rings is 1. The SMILES string of the molecule is Cc1cc(C)cc(Nc2nccc(-c3nc(C#N)cs3)n2)c1. The number of aryl methyl sites for hydroxylation is 2. The van der Waals surface area contributed by atoms with E-state index in [9.17, 15) is 0 Å². The zero-order valence-electron chi connectivity index (χ0n) is 12.2. The highest BCUT2D eigenvalue weighted by molar-refractivity contribution is 7.13. The Labute approximate surface area is 132 Å². The van der Waals surface area contributed by atoms with Crippen LogP contribution in [0, 0.1) is 25.2 Å². The van der Waals surface area contributed by atoms with E-state index in [0.29, 0.717) is 22.3 Å². The lowest BCUT2D eigenvalue weighted by Gasteiger charge is -2.07. The van der Waals surface area contributed by atoms with Crippen molar-refractivity contribution < 1.29 is 0 Å². The van der Waals surface area contributed by atoms with Crippen molar-refractivity contribution in [3.63, 3.8) is 0 Å². The number of nitrogens with zero attached hydrogens (tertiary/aromatic N) is 4. The van der Waals surface area contributed by atoms with Crippen LogP contribution in [0.1, 0.15) is 16.8 Å². The number of aromatic nitrogens is 3. The van der Waals surface area contributed by atoms with Gasteiger partial charge >= 0.3 is 0 Å². The molecule has 22 heavy (non-hydrogen) atoms. The van der Waals surface area contributed by atoms with Crippen LogP contribution >= 0.6 is 11.3 Å². The molecular weight excluding hydrogens is 294 g/mol. The second-order valence-electron chi connectivity index (χ2n) is 4.92. The summed E-state index contributed by atoms with van der Waals surface area (Å²) in [7, 11) is 0. The Balaban J connectivity index is 1.89. The molecule has 0 atom stereocenters. The van der Waals surface area contributed by atoms with E-state index >= 15 is 0 Å². The lowest BCUT2D eigenvalue weighted by atomic mass is 10.1. The molecule has 6 heteroatoms. The summed E-state index contributed by atoms with van der Waals surface area (Å²) in [6.45, 7) is 4.10. The van der Waals surface area contributed by atoms with Crippen LogP contribution in [0.5, 0.6) is 0 Å². The second kappa shape index (κ2) is 5.92. The predicted molar refractivity (Wildman–Crippen MR) is 87.1 cm³/mol. The number of nitriles is 1. The normalized spacial score (nSPS) is 10.2. The van der Waals surface area contributed by atoms with Crippen LogP contribution in [0.4, 0.5) is 11.6 Å². The van der Waals surface area contributed by atoms with Gasteiger partial charge in [-0.2, -0.15) is 5.26 Å². The average molecular weight is 307 g/mol. The zero-order valence-corrected chi connectivity index (χ0v) is 13.0. The summed E-state index contributed by atoms with van der Waals surface area (Å²) in [6, 6.07) is 10.0. The first-order chi connectivity index (χ1) is 10.6. The van der Waals surface area contributed by atoms with Gasteiger partial charge in [-0.05, 0) is 43.2 Å². The van der Waals surface area contributed by atoms with Gasteiger partial charge in [0, 0.05) is 17.3 Å². The number of nitrogens with one attached hydrogen (secondary N) is 1. The summed E-state index contributed by atoms with van der Waals surface area (Å²) < 4.78 is 0. The molecule has 5 nitrogen and oxygen atoms in total. The van der Waals surface area contributed by atoms with Crippen molar-refractivity contribution in [2.24, 2.45) is 0 Å². The highest BCUT2D eigenvalue weighted by atomic mass is 32.1. The molecule has 0 bridgehead atoms. The summed E-state index contributed by atoms with van der Waals surface area (Å²) >= 11 is 1.40.